The average molecular weight is 265 g/mol. The molecular weight excluding hydrogens is 247 g/mol. The third kappa shape index (κ3) is 3.63. The van der Waals surface area contributed by atoms with Crippen LogP contribution in [0.3, 0.4) is 0 Å². The standard InChI is InChI=1S/C11H18F3N3O/c1-4-15-8(6-11(12,13)14)10-9(18-3)7-16-17(10)5-2/h7-8,15H,4-6H2,1-3H3. The quantitative estimate of drug-likeness (QED) is 0.859. The van der Waals surface area contributed by atoms with E-state index in [1.807, 2.05) is 6.92 Å². The normalized spacial score (nSPS) is 13.7. The lowest BCUT2D eigenvalue weighted by Crippen LogP contribution is -2.29. The molecule has 0 aromatic carbocycles. The van der Waals surface area contributed by atoms with E-state index in [2.05, 4.69) is 10.4 Å². The van der Waals surface area contributed by atoms with Crippen molar-refractivity contribution >= 4 is 0 Å². The Hall–Kier alpha value is -1.24. The summed E-state index contributed by atoms with van der Waals surface area (Å²) in [5.74, 6) is 0.382. The number of nitrogens with one attached hydrogen (secondary N) is 1. The molecule has 4 nitrogen and oxygen atoms in total. The van der Waals surface area contributed by atoms with Crippen molar-refractivity contribution in [1.29, 1.82) is 0 Å². The van der Waals surface area contributed by atoms with Crippen LogP contribution in [-0.4, -0.2) is 29.6 Å². The Balaban J connectivity index is 3.07. The van der Waals surface area contributed by atoms with E-state index >= 15 is 0 Å². The predicted molar refractivity (Wildman–Crippen MR) is 61.5 cm³/mol. The third-order valence-electron chi connectivity index (χ3n) is 2.58. The largest absolute Gasteiger partial charge is 0.493 e. The highest BCUT2D eigenvalue weighted by Gasteiger charge is 2.35. The molecule has 0 fully saturated rings. The van der Waals surface area contributed by atoms with E-state index in [-0.39, 0.29) is 0 Å². The van der Waals surface area contributed by atoms with Gasteiger partial charge in [0, 0.05) is 6.54 Å². The van der Waals surface area contributed by atoms with Gasteiger partial charge in [0.05, 0.1) is 31.5 Å². The van der Waals surface area contributed by atoms with E-state index in [1.165, 1.54) is 18.0 Å². The molecule has 0 saturated carbocycles. The van der Waals surface area contributed by atoms with Crippen molar-refractivity contribution in [3.05, 3.63) is 11.9 Å². The maximum Gasteiger partial charge on any atom is 0.390 e. The molecule has 0 saturated heterocycles. The number of alkyl halides is 3. The minimum atomic E-state index is -4.24. The number of rotatable bonds is 6. The Kier molecular flexibility index (Phi) is 5.01. The van der Waals surface area contributed by atoms with Crippen LogP contribution in [0.1, 0.15) is 32.0 Å². The van der Waals surface area contributed by atoms with Gasteiger partial charge in [-0.05, 0) is 13.5 Å². The van der Waals surface area contributed by atoms with E-state index in [0.717, 1.165) is 0 Å². The number of hydrogen-bond acceptors (Lipinski definition) is 3. The number of halogens is 3. The van der Waals surface area contributed by atoms with Gasteiger partial charge in [-0.2, -0.15) is 18.3 Å². The van der Waals surface area contributed by atoms with Gasteiger partial charge in [-0.15, -0.1) is 0 Å². The van der Waals surface area contributed by atoms with Crippen molar-refractivity contribution in [3.63, 3.8) is 0 Å². The van der Waals surface area contributed by atoms with Crippen molar-refractivity contribution in [2.24, 2.45) is 0 Å². The second kappa shape index (κ2) is 6.08. The highest BCUT2D eigenvalue weighted by atomic mass is 19.4. The summed E-state index contributed by atoms with van der Waals surface area (Å²) >= 11 is 0. The molecule has 1 aromatic heterocycles. The fourth-order valence-electron chi connectivity index (χ4n) is 1.88. The Morgan fingerprint density at radius 1 is 1.44 bits per heavy atom. The van der Waals surface area contributed by atoms with Gasteiger partial charge in [0.15, 0.2) is 5.75 Å². The number of hydrogen-bond donors (Lipinski definition) is 1. The number of nitrogens with zero attached hydrogens (tertiary/aromatic N) is 2. The van der Waals surface area contributed by atoms with Crippen LogP contribution in [0.4, 0.5) is 13.2 Å². The molecule has 1 heterocycles. The molecule has 0 amide bonds. The van der Waals surface area contributed by atoms with Gasteiger partial charge in [0.2, 0.25) is 0 Å². The molecule has 0 aliphatic heterocycles. The Labute approximate surface area is 104 Å². The van der Waals surface area contributed by atoms with E-state index in [4.69, 9.17) is 4.74 Å². The summed E-state index contributed by atoms with van der Waals surface area (Å²) < 4.78 is 44.4. The van der Waals surface area contributed by atoms with Gasteiger partial charge < -0.3 is 10.1 Å². The lowest BCUT2D eigenvalue weighted by molar-refractivity contribution is -0.140. The highest BCUT2D eigenvalue weighted by Crippen LogP contribution is 2.33. The van der Waals surface area contributed by atoms with E-state index in [0.29, 0.717) is 24.5 Å². The lowest BCUT2D eigenvalue weighted by atomic mass is 10.1. The van der Waals surface area contributed by atoms with Crippen LogP contribution in [-0.2, 0) is 6.54 Å². The second-order valence-electron chi connectivity index (χ2n) is 3.84. The zero-order valence-corrected chi connectivity index (χ0v) is 10.7. The fourth-order valence-corrected chi connectivity index (χ4v) is 1.88. The molecule has 1 atom stereocenters. The van der Waals surface area contributed by atoms with Crippen molar-refractivity contribution in [2.45, 2.75) is 39.0 Å². The van der Waals surface area contributed by atoms with Gasteiger partial charge >= 0.3 is 6.18 Å². The average Bonchev–Trinajstić information content (AvgIpc) is 2.69. The van der Waals surface area contributed by atoms with Crippen LogP contribution in [0.25, 0.3) is 0 Å². The first-order valence-corrected chi connectivity index (χ1v) is 5.82. The molecule has 1 unspecified atom stereocenters. The summed E-state index contributed by atoms with van der Waals surface area (Å²) in [6, 6.07) is -0.840. The maximum absolute atomic E-state index is 12.6. The molecule has 1 N–H and O–H groups in total. The summed E-state index contributed by atoms with van der Waals surface area (Å²) in [6.45, 7) is 4.53. The molecule has 0 radical (unpaired) electrons. The summed E-state index contributed by atoms with van der Waals surface area (Å²) in [6.07, 6.45) is -3.73. The van der Waals surface area contributed by atoms with Gasteiger partial charge in [-0.3, -0.25) is 4.68 Å². The number of aryl methyl sites for hydroxylation is 1. The summed E-state index contributed by atoms with van der Waals surface area (Å²) in [4.78, 5) is 0. The minimum Gasteiger partial charge on any atom is -0.493 e. The highest BCUT2D eigenvalue weighted by molar-refractivity contribution is 5.28. The molecule has 0 spiro atoms. The predicted octanol–water partition coefficient (Wildman–Crippen LogP) is 2.51. The first-order chi connectivity index (χ1) is 8.42. The van der Waals surface area contributed by atoms with Gasteiger partial charge in [0.1, 0.15) is 0 Å². The topological polar surface area (TPSA) is 39.1 Å². The Bertz CT molecular complexity index is 355. The Morgan fingerprint density at radius 3 is 2.56 bits per heavy atom. The molecule has 0 aliphatic carbocycles. The van der Waals surface area contributed by atoms with Crippen LogP contribution in [0.5, 0.6) is 5.75 Å². The molecule has 104 valence electrons. The molecule has 1 aromatic rings. The van der Waals surface area contributed by atoms with Gasteiger partial charge in [-0.25, -0.2) is 0 Å². The SMILES string of the molecule is CCNC(CC(F)(F)F)c1c(OC)cnn1CC. The second-order valence-corrected chi connectivity index (χ2v) is 3.84. The molecule has 1 rings (SSSR count). The van der Waals surface area contributed by atoms with Crippen LogP contribution in [0.2, 0.25) is 0 Å². The first-order valence-electron chi connectivity index (χ1n) is 5.82. The molecule has 0 bridgehead atoms. The van der Waals surface area contributed by atoms with Crippen molar-refractivity contribution < 1.29 is 17.9 Å². The monoisotopic (exact) mass is 265 g/mol. The zero-order chi connectivity index (χ0) is 13.8. The van der Waals surface area contributed by atoms with Crippen molar-refractivity contribution in [3.8, 4) is 5.75 Å². The van der Waals surface area contributed by atoms with Gasteiger partial charge in [0.25, 0.3) is 0 Å². The molecule has 7 heteroatoms. The van der Waals surface area contributed by atoms with Crippen molar-refractivity contribution in [2.75, 3.05) is 13.7 Å². The van der Waals surface area contributed by atoms with Crippen LogP contribution in [0.15, 0.2) is 6.20 Å². The van der Waals surface area contributed by atoms with Crippen LogP contribution < -0.4 is 10.1 Å². The molecular formula is C11H18F3N3O. The molecule has 18 heavy (non-hydrogen) atoms. The van der Waals surface area contributed by atoms with Crippen LogP contribution in [0, 0.1) is 0 Å². The lowest BCUT2D eigenvalue weighted by Gasteiger charge is -2.21. The number of aromatic nitrogens is 2. The number of methoxy groups -OCH3 is 1. The Morgan fingerprint density at radius 2 is 2.11 bits per heavy atom. The van der Waals surface area contributed by atoms with Crippen molar-refractivity contribution in [1.82, 2.24) is 15.1 Å². The van der Waals surface area contributed by atoms with E-state index in [9.17, 15) is 13.2 Å². The minimum absolute atomic E-state index is 0.382. The van der Waals surface area contributed by atoms with Crippen LogP contribution >= 0.6 is 0 Å². The first kappa shape index (κ1) is 14.8. The van der Waals surface area contributed by atoms with Gasteiger partial charge in [-0.1, -0.05) is 6.92 Å². The third-order valence-corrected chi connectivity index (χ3v) is 2.58. The molecule has 0 aliphatic rings. The summed E-state index contributed by atoms with van der Waals surface area (Å²) in [5.41, 5.74) is 0.444. The summed E-state index contributed by atoms with van der Waals surface area (Å²) in [5, 5.41) is 6.85. The summed E-state index contributed by atoms with van der Waals surface area (Å²) in [7, 11) is 1.43. The maximum atomic E-state index is 12.6. The smallest absolute Gasteiger partial charge is 0.390 e. The van der Waals surface area contributed by atoms with E-state index < -0.39 is 18.6 Å². The zero-order valence-electron chi connectivity index (χ0n) is 10.7. The van der Waals surface area contributed by atoms with E-state index in [1.54, 1.807) is 6.92 Å². The fraction of sp³-hybridized carbons (Fsp3) is 0.727. The number of ether oxygens (including phenoxy) is 1.